The third-order valence-corrected chi connectivity index (χ3v) is 7.73. The first-order valence-corrected chi connectivity index (χ1v) is 13.5. The van der Waals surface area contributed by atoms with Gasteiger partial charge in [-0.05, 0) is 70.6 Å². The number of fused-ring (bicyclic) bond motifs is 1. The van der Waals surface area contributed by atoms with Gasteiger partial charge >= 0.3 is 0 Å². The number of aromatic amines is 1. The maximum atomic E-state index is 13.6. The minimum absolute atomic E-state index is 0.125. The van der Waals surface area contributed by atoms with Crippen LogP contribution >= 0.6 is 11.6 Å². The van der Waals surface area contributed by atoms with Crippen molar-refractivity contribution in [2.75, 3.05) is 31.1 Å². The fourth-order valence-electron chi connectivity index (χ4n) is 5.45. The van der Waals surface area contributed by atoms with Crippen molar-refractivity contribution >= 4 is 28.2 Å². The van der Waals surface area contributed by atoms with Gasteiger partial charge in [0.25, 0.3) is 5.56 Å². The van der Waals surface area contributed by atoms with Gasteiger partial charge in [-0.1, -0.05) is 60.1 Å². The lowest BCUT2D eigenvalue weighted by atomic mass is 10.0. The SMILES string of the molecule is Cc1ccc2cc([C@@H](c3nnnn3Cc3ccccc3)N3CCN(c4cc(Cl)ccc4C)CC3)c(=O)[nH]c2c1. The molecule has 0 bridgehead atoms. The summed E-state index contributed by atoms with van der Waals surface area (Å²) in [4.78, 5) is 21.4. The van der Waals surface area contributed by atoms with Gasteiger partial charge in [-0.15, -0.1) is 5.10 Å². The Morgan fingerprint density at radius 3 is 2.54 bits per heavy atom. The summed E-state index contributed by atoms with van der Waals surface area (Å²) in [7, 11) is 0. The smallest absolute Gasteiger partial charge is 0.253 e. The average molecular weight is 540 g/mol. The molecule has 0 radical (unpaired) electrons. The number of hydrogen-bond donors (Lipinski definition) is 1. The molecule has 8 nitrogen and oxygen atoms in total. The van der Waals surface area contributed by atoms with Gasteiger partial charge < -0.3 is 9.88 Å². The van der Waals surface area contributed by atoms with Gasteiger partial charge in [-0.2, -0.15) is 0 Å². The number of aryl methyl sites for hydroxylation is 2. The number of rotatable bonds is 6. The normalized spacial score (nSPS) is 15.1. The maximum Gasteiger partial charge on any atom is 0.253 e. The average Bonchev–Trinajstić information content (AvgIpc) is 3.39. The molecule has 1 N–H and O–H groups in total. The first-order valence-electron chi connectivity index (χ1n) is 13.1. The molecule has 0 spiro atoms. The minimum Gasteiger partial charge on any atom is -0.369 e. The Balaban J connectivity index is 1.38. The van der Waals surface area contributed by atoms with Gasteiger partial charge in [-0.25, -0.2) is 4.68 Å². The number of piperazine rings is 1. The first-order chi connectivity index (χ1) is 19.0. The third kappa shape index (κ3) is 5.17. The topological polar surface area (TPSA) is 82.9 Å². The summed E-state index contributed by atoms with van der Waals surface area (Å²) < 4.78 is 1.81. The predicted molar refractivity (Wildman–Crippen MR) is 154 cm³/mol. The van der Waals surface area contributed by atoms with Gasteiger partial charge in [-0.3, -0.25) is 9.69 Å². The molecule has 3 aromatic carbocycles. The van der Waals surface area contributed by atoms with Crippen LogP contribution in [0.1, 0.15) is 34.1 Å². The summed E-state index contributed by atoms with van der Waals surface area (Å²) in [5.74, 6) is 0.656. The molecular weight excluding hydrogens is 510 g/mol. The molecule has 0 saturated carbocycles. The van der Waals surface area contributed by atoms with E-state index in [9.17, 15) is 4.79 Å². The number of aromatic nitrogens is 5. The molecular formula is C30H30ClN7O. The van der Waals surface area contributed by atoms with Crippen LogP contribution in [0.2, 0.25) is 5.02 Å². The Morgan fingerprint density at radius 1 is 0.949 bits per heavy atom. The fourth-order valence-corrected chi connectivity index (χ4v) is 5.62. The molecule has 1 fully saturated rings. The molecule has 6 rings (SSSR count). The minimum atomic E-state index is -0.402. The molecule has 198 valence electrons. The quantitative estimate of drug-likeness (QED) is 0.335. The molecule has 0 amide bonds. The number of benzene rings is 3. The van der Waals surface area contributed by atoms with Crippen molar-refractivity contribution in [1.29, 1.82) is 0 Å². The number of anilines is 1. The summed E-state index contributed by atoms with van der Waals surface area (Å²) >= 11 is 6.32. The molecule has 1 aliphatic rings. The number of pyridine rings is 1. The Kier molecular flexibility index (Phi) is 6.89. The highest BCUT2D eigenvalue weighted by Gasteiger charge is 2.33. The number of halogens is 1. The molecule has 0 unspecified atom stereocenters. The highest BCUT2D eigenvalue weighted by Crippen LogP contribution is 2.31. The van der Waals surface area contributed by atoms with Crippen molar-refractivity contribution in [3.05, 3.63) is 116 Å². The van der Waals surface area contributed by atoms with Crippen molar-refractivity contribution < 1.29 is 0 Å². The summed E-state index contributed by atoms with van der Waals surface area (Å²) in [6.07, 6.45) is 0. The van der Waals surface area contributed by atoms with Crippen molar-refractivity contribution in [2.24, 2.45) is 0 Å². The van der Waals surface area contributed by atoms with Crippen LogP contribution in [0.4, 0.5) is 5.69 Å². The highest BCUT2D eigenvalue weighted by molar-refractivity contribution is 6.30. The van der Waals surface area contributed by atoms with Crippen LogP contribution in [-0.2, 0) is 6.54 Å². The molecule has 0 aliphatic carbocycles. The van der Waals surface area contributed by atoms with Crippen LogP contribution in [0, 0.1) is 13.8 Å². The molecule has 2 aromatic heterocycles. The molecule has 3 heterocycles. The zero-order valence-electron chi connectivity index (χ0n) is 22.0. The van der Waals surface area contributed by atoms with E-state index in [-0.39, 0.29) is 5.56 Å². The van der Waals surface area contributed by atoms with E-state index in [0.29, 0.717) is 17.9 Å². The summed E-state index contributed by atoms with van der Waals surface area (Å²) in [5.41, 5.74) is 5.87. The van der Waals surface area contributed by atoms with Gasteiger partial charge in [0, 0.05) is 48.0 Å². The summed E-state index contributed by atoms with van der Waals surface area (Å²) in [6.45, 7) is 7.71. The van der Waals surface area contributed by atoms with Crippen LogP contribution in [0.5, 0.6) is 0 Å². The first kappa shape index (κ1) is 25.3. The standard InChI is InChI=1S/C30H30ClN7O/c1-20-8-10-23-17-25(30(39)32-26(23)16-20)28(29-33-34-35-38(29)19-22-6-4-3-5-7-22)37-14-12-36(13-15-37)27-18-24(31)11-9-21(27)2/h3-11,16-18,28H,12-15,19H2,1-2H3,(H,32,39)/t28-/m0/s1. The van der Waals surface area contributed by atoms with E-state index in [4.69, 9.17) is 11.6 Å². The van der Waals surface area contributed by atoms with Crippen molar-refractivity contribution in [1.82, 2.24) is 30.1 Å². The number of hydrogen-bond acceptors (Lipinski definition) is 6. The number of H-pyrrole nitrogens is 1. The fraction of sp³-hybridized carbons (Fsp3) is 0.267. The monoisotopic (exact) mass is 539 g/mol. The van der Waals surface area contributed by atoms with Crippen LogP contribution in [-0.4, -0.2) is 56.3 Å². The second-order valence-electron chi connectivity index (χ2n) is 10.2. The van der Waals surface area contributed by atoms with E-state index in [1.54, 1.807) is 0 Å². The molecule has 9 heteroatoms. The summed E-state index contributed by atoms with van der Waals surface area (Å²) in [5, 5.41) is 14.6. The molecule has 1 saturated heterocycles. The Labute approximate surface area is 231 Å². The van der Waals surface area contributed by atoms with Crippen molar-refractivity contribution in [3.63, 3.8) is 0 Å². The lowest BCUT2D eigenvalue weighted by Gasteiger charge is -2.40. The van der Waals surface area contributed by atoms with Gasteiger partial charge in [0.05, 0.1) is 6.54 Å². The van der Waals surface area contributed by atoms with E-state index in [1.807, 2.05) is 60.1 Å². The largest absolute Gasteiger partial charge is 0.369 e. The van der Waals surface area contributed by atoms with E-state index in [1.165, 1.54) is 5.56 Å². The Morgan fingerprint density at radius 2 is 1.74 bits per heavy atom. The predicted octanol–water partition coefficient (Wildman–Crippen LogP) is 4.74. The number of tetrazole rings is 1. The van der Waals surface area contributed by atoms with Crippen molar-refractivity contribution in [3.8, 4) is 0 Å². The molecule has 5 aromatic rings. The maximum absolute atomic E-state index is 13.6. The summed E-state index contributed by atoms with van der Waals surface area (Å²) in [6, 6.07) is 23.8. The van der Waals surface area contributed by atoms with Gasteiger partial charge in [0.2, 0.25) is 0 Å². The van der Waals surface area contributed by atoms with Crippen LogP contribution in [0.15, 0.2) is 77.6 Å². The second kappa shape index (κ2) is 10.6. The molecule has 39 heavy (non-hydrogen) atoms. The van der Waals surface area contributed by atoms with Gasteiger partial charge in [0.15, 0.2) is 5.82 Å². The van der Waals surface area contributed by atoms with Crippen LogP contribution < -0.4 is 10.5 Å². The van der Waals surface area contributed by atoms with Crippen molar-refractivity contribution in [2.45, 2.75) is 26.4 Å². The number of nitrogens with one attached hydrogen (secondary N) is 1. The Bertz CT molecular complexity index is 1670. The Hall–Kier alpha value is -4.01. The van der Waals surface area contributed by atoms with Gasteiger partial charge in [0.1, 0.15) is 6.04 Å². The molecule has 1 aliphatic heterocycles. The van der Waals surface area contributed by atoms with Crippen LogP contribution in [0.3, 0.4) is 0 Å². The molecule has 1 atom stereocenters. The van der Waals surface area contributed by atoms with E-state index >= 15 is 0 Å². The lowest BCUT2D eigenvalue weighted by molar-refractivity contribution is 0.200. The van der Waals surface area contributed by atoms with E-state index in [0.717, 1.165) is 58.9 Å². The van der Waals surface area contributed by atoms with E-state index < -0.39 is 6.04 Å². The number of nitrogens with zero attached hydrogens (tertiary/aromatic N) is 6. The lowest BCUT2D eigenvalue weighted by Crippen LogP contribution is -2.49. The van der Waals surface area contributed by atoms with E-state index in [2.05, 4.69) is 61.5 Å². The zero-order valence-corrected chi connectivity index (χ0v) is 22.8. The second-order valence-corrected chi connectivity index (χ2v) is 10.6. The third-order valence-electron chi connectivity index (χ3n) is 7.50. The van der Waals surface area contributed by atoms with Crippen LogP contribution in [0.25, 0.3) is 10.9 Å². The zero-order chi connectivity index (χ0) is 26.9. The highest BCUT2D eigenvalue weighted by atomic mass is 35.5.